The van der Waals surface area contributed by atoms with E-state index in [9.17, 15) is 9.50 Å². The molecule has 0 radical (unpaired) electrons. The van der Waals surface area contributed by atoms with Gasteiger partial charge in [-0.05, 0) is 30.7 Å². The molecule has 1 heterocycles. The van der Waals surface area contributed by atoms with Crippen molar-refractivity contribution in [2.75, 3.05) is 6.54 Å². The molecule has 0 fully saturated rings. The van der Waals surface area contributed by atoms with Gasteiger partial charge in [0.25, 0.3) is 0 Å². The number of hydrogen-bond acceptors (Lipinski definition) is 3. The monoisotopic (exact) mass is 325 g/mol. The van der Waals surface area contributed by atoms with Crippen molar-refractivity contribution >= 4 is 0 Å². The van der Waals surface area contributed by atoms with E-state index in [1.807, 2.05) is 35.9 Å². The van der Waals surface area contributed by atoms with Gasteiger partial charge in [-0.3, -0.25) is 0 Å². The summed E-state index contributed by atoms with van der Waals surface area (Å²) in [6, 6.07) is 14.4. The van der Waals surface area contributed by atoms with E-state index in [0.717, 1.165) is 11.3 Å². The summed E-state index contributed by atoms with van der Waals surface area (Å²) in [5.41, 5.74) is 2.42. The first-order valence-corrected chi connectivity index (χ1v) is 7.89. The van der Waals surface area contributed by atoms with Crippen LogP contribution in [-0.4, -0.2) is 21.2 Å². The standard InChI is InChI=1S/C19H20FN3O/c1-14(22-12-19(24)17-7-2-3-8-18(17)20)15-5-4-6-16(11-15)23-10-9-21-13-23/h2-11,13-14,19,22,24H,12H2,1H3/t14-,19+/m0/s1. The van der Waals surface area contributed by atoms with Crippen LogP contribution >= 0.6 is 0 Å². The van der Waals surface area contributed by atoms with Gasteiger partial charge in [-0.2, -0.15) is 0 Å². The Kier molecular flexibility index (Phi) is 5.03. The number of hydrogen-bond donors (Lipinski definition) is 2. The Balaban J connectivity index is 1.66. The van der Waals surface area contributed by atoms with Gasteiger partial charge in [-0.25, -0.2) is 9.37 Å². The minimum Gasteiger partial charge on any atom is -0.387 e. The van der Waals surface area contributed by atoms with Crippen molar-refractivity contribution in [3.05, 3.63) is 84.2 Å². The largest absolute Gasteiger partial charge is 0.387 e. The summed E-state index contributed by atoms with van der Waals surface area (Å²) in [6.07, 6.45) is 4.49. The Morgan fingerprint density at radius 3 is 2.79 bits per heavy atom. The second kappa shape index (κ2) is 7.38. The van der Waals surface area contributed by atoms with Gasteiger partial charge in [0.2, 0.25) is 0 Å². The first-order chi connectivity index (χ1) is 11.6. The number of aliphatic hydroxyl groups is 1. The van der Waals surface area contributed by atoms with Crippen LogP contribution in [0.15, 0.2) is 67.3 Å². The van der Waals surface area contributed by atoms with Crippen molar-refractivity contribution in [3.8, 4) is 5.69 Å². The Morgan fingerprint density at radius 2 is 2.04 bits per heavy atom. The summed E-state index contributed by atoms with van der Waals surface area (Å²) in [6.45, 7) is 2.29. The lowest BCUT2D eigenvalue weighted by Crippen LogP contribution is -2.25. The molecule has 0 aliphatic heterocycles. The third kappa shape index (κ3) is 3.69. The summed E-state index contributed by atoms with van der Waals surface area (Å²) < 4.78 is 15.6. The molecule has 2 atom stereocenters. The third-order valence-electron chi connectivity index (χ3n) is 4.05. The number of benzene rings is 2. The van der Waals surface area contributed by atoms with E-state index in [1.165, 1.54) is 6.07 Å². The molecule has 0 spiro atoms. The van der Waals surface area contributed by atoms with Gasteiger partial charge in [0.15, 0.2) is 0 Å². The minimum atomic E-state index is -0.884. The molecule has 2 N–H and O–H groups in total. The first kappa shape index (κ1) is 16.4. The second-order valence-electron chi connectivity index (χ2n) is 5.73. The molecule has 3 rings (SSSR count). The smallest absolute Gasteiger partial charge is 0.129 e. The SMILES string of the molecule is C[C@H](NC[C@@H](O)c1ccccc1F)c1cccc(-n2ccnc2)c1. The fourth-order valence-corrected chi connectivity index (χ4v) is 2.63. The molecule has 3 aromatic rings. The Morgan fingerprint density at radius 1 is 1.21 bits per heavy atom. The third-order valence-corrected chi connectivity index (χ3v) is 4.05. The predicted molar refractivity (Wildman–Crippen MR) is 91.3 cm³/mol. The zero-order valence-electron chi connectivity index (χ0n) is 13.4. The highest BCUT2D eigenvalue weighted by molar-refractivity contribution is 5.37. The molecule has 2 aromatic carbocycles. The molecule has 5 heteroatoms. The van der Waals surface area contributed by atoms with Crippen molar-refractivity contribution in [2.24, 2.45) is 0 Å². The Hall–Kier alpha value is -2.50. The highest BCUT2D eigenvalue weighted by atomic mass is 19.1. The zero-order chi connectivity index (χ0) is 16.9. The first-order valence-electron chi connectivity index (χ1n) is 7.89. The average Bonchev–Trinajstić information content (AvgIpc) is 3.14. The normalized spacial score (nSPS) is 13.6. The summed E-state index contributed by atoms with van der Waals surface area (Å²) in [5, 5.41) is 13.4. The van der Waals surface area contributed by atoms with Crippen molar-refractivity contribution in [2.45, 2.75) is 19.1 Å². The van der Waals surface area contributed by atoms with Crippen molar-refractivity contribution < 1.29 is 9.50 Å². The molecular weight excluding hydrogens is 305 g/mol. The molecule has 0 saturated heterocycles. The van der Waals surface area contributed by atoms with Crippen LogP contribution in [0, 0.1) is 5.82 Å². The molecule has 4 nitrogen and oxygen atoms in total. The van der Waals surface area contributed by atoms with E-state index < -0.39 is 6.10 Å². The lowest BCUT2D eigenvalue weighted by molar-refractivity contribution is 0.166. The Labute approximate surface area is 140 Å². The maximum absolute atomic E-state index is 13.7. The molecule has 0 bridgehead atoms. The minimum absolute atomic E-state index is 0.0231. The number of rotatable bonds is 6. The number of nitrogens with one attached hydrogen (secondary N) is 1. The molecule has 0 aliphatic carbocycles. The summed E-state index contributed by atoms with van der Waals surface area (Å²) >= 11 is 0. The van der Waals surface area contributed by atoms with E-state index in [-0.39, 0.29) is 18.4 Å². The van der Waals surface area contributed by atoms with Gasteiger partial charge in [-0.15, -0.1) is 0 Å². The van der Waals surface area contributed by atoms with Gasteiger partial charge in [-0.1, -0.05) is 30.3 Å². The molecule has 0 saturated carbocycles. The second-order valence-corrected chi connectivity index (χ2v) is 5.73. The van der Waals surface area contributed by atoms with Crippen molar-refractivity contribution in [1.29, 1.82) is 0 Å². The maximum Gasteiger partial charge on any atom is 0.129 e. The lowest BCUT2D eigenvalue weighted by Gasteiger charge is -2.19. The van der Waals surface area contributed by atoms with E-state index in [4.69, 9.17) is 0 Å². The average molecular weight is 325 g/mol. The fourth-order valence-electron chi connectivity index (χ4n) is 2.63. The lowest BCUT2D eigenvalue weighted by atomic mass is 10.1. The maximum atomic E-state index is 13.7. The molecule has 0 amide bonds. The van der Waals surface area contributed by atoms with E-state index in [0.29, 0.717) is 5.56 Å². The molecule has 0 aliphatic rings. The van der Waals surface area contributed by atoms with Gasteiger partial charge in [0.05, 0.1) is 12.4 Å². The van der Waals surface area contributed by atoms with E-state index >= 15 is 0 Å². The zero-order valence-corrected chi connectivity index (χ0v) is 13.4. The molecular formula is C19H20FN3O. The van der Waals surface area contributed by atoms with Gasteiger partial charge in [0.1, 0.15) is 5.82 Å². The Bertz CT molecular complexity index is 789. The van der Waals surface area contributed by atoms with Crippen LogP contribution in [0.4, 0.5) is 4.39 Å². The quantitative estimate of drug-likeness (QED) is 0.730. The number of nitrogens with zero attached hydrogens (tertiary/aromatic N) is 2. The number of aromatic nitrogens is 2. The molecule has 1 aromatic heterocycles. The van der Waals surface area contributed by atoms with Crippen LogP contribution < -0.4 is 5.32 Å². The van der Waals surface area contributed by atoms with Crippen LogP contribution in [0.1, 0.15) is 30.2 Å². The van der Waals surface area contributed by atoms with Crippen LogP contribution in [-0.2, 0) is 0 Å². The molecule has 0 unspecified atom stereocenters. The predicted octanol–water partition coefficient (Wildman–Crippen LogP) is 3.40. The van der Waals surface area contributed by atoms with Crippen LogP contribution in [0.2, 0.25) is 0 Å². The van der Waals surface area contributed by atoms with Crippen molar-refractivity contribution in [1.82, 2.24) is 14.9 Å². The summed E-state index contributed by atoms with van der Waals surface area (Å²) in [4.78, 5) is 4.05. The van der Waals surface area contributed by atoms with Crippen LogP contribution in [0.3, 0.4) is 0 Å². The van der Waals surface area contributed by atoms with Gasteiger partial charge in [0, 0.05) is 36.2 Å². The number of aliphatic hydroxyl groups excluding tert-OH is 1. The summed E-state index contributed by atoms with van der Waals surface area (Å²) in [5.74, 6) is -0.387. The van der Waals surface area contributed by atoms with Gasteiger partial charge >= 0.3 is 0 Å². The topological polar surface area (TPSA) is 50.1 Å². The van der Waals surface area contributed by atoms with Crippen LogP contribution in [0.25, 0.3) is 5.69 Å². The van der Waals surface area contributed by atoms with Crippen LogP contribution in [0.5, 0.6) is 0 Å². The highest BCUT2D eigenvalue weighted by Gasteiger charge is 2.14. The van der Waals surface area contributed by atoms with Crippen molar-refractivity contribution in [3.63, 3.8) is 0 Å². The number of halogens is 1. The fraction of sp³-hybridized carbons (Fsp3) is 0.211. The van der Waals surface area contributed by atoms with E-state index in [2.05, 4.69) is 16.4 Å². The highest BCUT2D eigenvalue weighted by Crippen LogP contribution is 2.19. The molecule has 24 heavy (non-hydrogen) atoms. The molecule has 124 valence electrons. The van der Waals surface area contributed by atoms with E-state index in [1.54, 1.807) is 30.7 Å². The number of imidazole rings is 1. The summed E-state index contributed by atoms with van der Waals surface area (Å²) in [7, 11) is 0. The van der Waals surface area contributed by atoms with Gasteiger partial charge < -0.3 is 15.0 Å².